The van der Waals surface area contributed by atoms with Crippen LogP contribution < -0.4 is 0 Å². The van der Waals surface area contributed by atoms with E-state index in [1.54, 1.807) is 32.1 Å². The Morgan fingerprint density at radius 1 is 1.04 bits per heavy atom. The zero-order valence-corrected chi connectivity index (χ0v) is 30.8. The predicted octanol–water partition coefficient (Wildman–Crippen LogP) is 4.35. The highest BCUT2D eigenvalue weighted by Gasteiger charge is 2.57. The van der Waals surface area contributed by atoms with Crippen LogP contribution in [0.25, 0.3) is 0 Å². The Balaban J connectivity index is 2.04. The van der Waals surface area contributed by atoms with Crippen molar-refractivity contribution in [3.63, 3.8) is 0 Å². The van der Waals surface area contributed by atoms with Gasteiger partial charge in [0.05, 0.1) is 44.6 Å². The molecule has 0 aliphatic carbocycles. The van der Waals surface area contributed by atoms with Crippen LogP contribution >= 0.6 is 0 Å². The van der Waals surface area contributed by atoms with Gasteiger partial charge in [0.25, 0.3) is 0 Å². The smallest absolute Gasteiger partial charge is 0.330 e. The first-order valence-electron chi connectivity index (χ1n) is 18.4. The molecule has 2 fully saturated rings. The quantitative estimate of drug-likeness (QED) is 0.0902. The van der Waals surface area contributed by atoms with Crippen molar-refractivity contribution in [3.8, 4) is 0 Å². The second kappa shape index (κ2) is 21.2. The molecule has 3 N–H and O–H groups in total. The van der Waals surface area contributed by atoms with Crippen LogP contribution in [0.1, 0.15) is 104 Å². The first-order chi connectivity index (χ1) is 24.3. The Bertz CT molecular complexity index is 1180. The Morgan fingerprint density at radius 2 is 1.76 bits per heavy atom. The largest absolute Gasteiger partial charge is 0.466 e. The predicted molar refractivity (Wildman–Crippen MR) is 186 cm³/mol. The summed E-state index contributed by atoms with van der Waals surface area (Å²) in [6.07, 6.45) is 6.85. The van der Waals surface area contributed by atoms with Crippen molar-refractivity contribution in [2.45, 2.75) is 153 Å². The number of ether oxygens (including phenoxy) is 7. The highest BCUT2D eigenvalue weighted by molar-refractivity contribution is 5.83. The zero-order valence-electron chi connectivity index (χ0n) is 30.8. The lowest BCUT2D eigenvalue weighted by Crippen LogP contribution is -2.62. The van der Waals surface area contributed by atoms with E-state index in [9.17, 15) is 29.7 Å². The highest BCUT2D eigenvalue weighted by Crippen LogP contribution is 2.47. The molecule has 0 aromatic carbocycles. The van der Waals surface area contributed by atoms with Gasteiger partial charge in [-0.1, -0.05) is 58.6 Å². The molecule has 290 valence electrons. The van der Waals surface area contributed by atoms with E-state index in [1.807, 2.05) is 0 Å². The summed E-state index contributed by atoms with van der Waals surface area (Å²) >= 11 is 0. The lowest BCUT2D eigenvalue weighted by Gasteiger charge is -2.51. The average molecular weight is 725 g/mol. The van der Waals surface area contributed by atoms with Gasteiger partial charge >= 0.3 is 17.9 Å². The topological polar surface area (TPSA) is 177 Å². The summed E-state index contributed by atoms with van der Waals surface area (Å²) in [5.41, 5.74) is -1.08. The van der Waals surface area contributed by atoms with Crippen LogP contribution in [0.2, 0.25) is 0 Å². The number of carbonyl (C=O) groups excluding carboxylic acids is 3. The molecule has 0 saturated carbocycles. The van der Waals surface area contributed by atoms with Crippen molar-refractivity contribution >= 4 is 17.9 Å². The van der Waals surface area contributed by atoms with E-state index in [1.165, 1.54) is 13.2 Å². The number of carbonyl (C=O) groups is 3. The summed E-state index contributed by atoms with van der Waals surface area (Å²) < 4.78 is 41.0. The fraction of sp³-hybridized carbons (Fsp3) is 0.763. The third kappa shape index (κ3) is 13.4. The molecule has 3 unspecified atom stereocenters. The van der Waals surface area contributed by atoms with Gasteiger partial charge < -0.3 is 48.5 Å². The lowest BCUT2D eigenvalue weighted by molar-refractivity contribution is -0.327. The zero-order chi connectivity index (χ0) is 37.4. The number of hydrogen-bond acceptors (Lipinski definition) is 13. The molecule has 0 aromatic rings. The third-order valence-electron chi connectivity index (χ3n) is 9.55. The van der Waals surface area contributed by atoms with E-state index < -0.39 is 66.4 Å². The maximum atomic E-state index is 13.3. The molecule has 0 amide bonds. The van der Waals surface area contributed by atoms with Gasteiger partial charge in [0.2, 0.25) is 5.79 Å². The second-order valence-electron chi connectivity index (χ2n) is 14.2. The second-order valence-corrected chi connectivity index (χ2v) is 14.2. The fourth-order valence-electron chi connectivity index (χ4n) is 6.55. The van der Waals surface area contributed by atoms with Gasteiger partial charge in [-0.05, 0) is 43.8 Å². The van der Waals surface area contributed by atoms with Gasteiger partial charge in [0.15, 0.2) is 12.4 Å². The SMILES string of the molecule is C=CC[C@H]1CC2CCOCC[C@@H](O)CC(=O)OC(CO)C[C@@H]3C/C(=C\C(=O)OC)[C@H](OC(=O)CCCCCCC)[C@@](O)(O3)C(C)(C)/C=C/C(O2)O1. The molecular formula is C38H60O13. The average Bonchev–Trinajstić information content (AvgIpc) is 3.08. The molecule has 2 saturated heterocycles. The molecule has 8 atom stereocenters. The van der Waals surface area contributed by atoms with Crippen LogP contribution in [0.3, 0.4) is 0 Å². The molecule has 3 rings (SSSR count). The van der Waals surface area contributed by atoms with E-state index in [0.29, 0.717) is 32.3 Å². The molecule has 3 heterocycles. The molecule has 13 heteroatoms. The van der Waals surface area contributed by atoms with Gasteiger partial charge in [-0.15, -0.1) is 6.58 Å². The molecule has 4 bridgehead atoms. The molecule has 51 heavy (non-hydrogen) atoms. The number of rotatable bonds is 11. The first kappa shape index (κ1) is 42.8. The van der Waals surface area contributed by atoms with Crippen LogP contribution in [0.4, 0.5) is 0 Å². The minimum absolute atomic E-state index is 0.0145. The molecule has 3 aliphatic heterocycles. The highest BCUT2D eigenvalue weighted by atomic mass is 16.7. The molecule has 0 aromatic heterocycles. The van der Waals surface area contributed by atoms with Gasteiger partial charge in [-0.3, -0.25) is 9.59 Å². The van der Waals surface area contributed by atoms with Crippen LogP contribution in [-0.4, -0.2) is 109 Å². The van der Waals surface area contributed by atoms with Crippen molar-refractivity contribution < 1.29 is 62.9 Å². The van der Waals surface area contributed by atoms with Crippen LogP contribution in [0.5, 0.6) is 0 Å². The maximum absolute atomic E-state index is 13.3. The minimum atomic E-state index is -2.27. The van der Waals surface area contributed by atoms with Crippen LogP contribution in [0.15, 0.2) is 36.5 Å². The number of unbranched alkanes of at least 4 members (excludes halogenated alkanes) is 4. The van der Waals surface area contributed by atoms with Crippen LogP contribution in [0, 0.1) is 5.41 Å². The standard InChI is InChI=1S/C38H60O13/c1-6-8-9-10-11-13-32(41)50-36-26(21-33(42)45-5)20-30-24-31(25-39)47-34(43)22-27(40)15-18-46-19-16-29-23-28(12-7-2)48-35(49-29)14-17-37(3,4)38(36,44)51-30/h7,14,17,21,27-31,35-36,39-40,44H,2,6,8-13,15-16,18-20,22-25H2,1,3-5H3/b17-14+,26-21+/t27-,28+,29?,30+,31?,35?,36+,38-/m1/s1. The lowest BCUT2D eigenvalue weighted by atomic mass is 9.74. The summed E-state index contributed by atoms with van der Waals surface area (Å²) in [6.45, 7) is 9.35. The monoisotopic (exact) mass is 724 g/mol. The van der Waals surface area contributed by atoms with E-state index in [-0.39, 0.29) is 56.5 Å². The molecular weight excluding hydrogens is 664 g/mol. The van der Waals surface area contributed by atoms with Crippen molar-refractivity contribution in [1.82, 2.24) is 0 Å². The summed E-state index contributed by atoms with van der Waals surface area (Å²) in [7, 11) is 1.21. The van der Waals surface area contributed by atoms with E-state index >= 15 is 0 Å². The van der Waals surface area contributed by atoms with Gasteiger partial charge in [0, 0.05) is 44.0 Å². The number of esters is 3. The summed E-state index contributed by atoms with van der Waals surface area (Å²) in [4.78, 5) is 38.7. The molecule has 0 spiro atoms. The first-order valence-corrected chi connectivity index (χ1v) is 18.4. The third-order valence-corrected chi connectivity index (χ3v) is 9.55. The van der Waals surface area contributed by atoms with Crippen molar-refractivity contribution in [3.05, 3.63) is 36.5 Å². The van der Waals surface area contributed by atoms with E-state index in [4.69, 9.17) is 33.2 Å². The Morgan fingerprint density at radius 3 is 2.47 bits per heavy atom. The molecule has 13 nitrogen and oxygen atoms in total. The number of aliphatic hydroxyl groups is 3. The number of methoxy groups -OCH3 is 1. The number of aliphatic hydroxyl groups excluding tert-OH is 2. The van der Waals surface area contributed by atoms with Crippen LogP contribution in [-0.2, 0) is 47.5 Å². The van der Waals surface area contributed by atoms with Crippen molar-refractivity contribution in [2.75, 3.05) is 26.9 Å². The normalized spacial score (nSPS) is 33.7. The fourth-order valence-corrected chi connectivity index (χ4v) is 6.55. The Labute approximate surface area is 302 Å². The minimum Gasteiger partial charge on any atom is -0.466 e. The number of hydrogen-bond donors (Lipinski definition) is 3. The van der Waals surface area contributed by atoms with E-state index in [0.717, 1.165) is 25.7 Å². The number of fused-ring (bicyclic) bond motifs is 4. The van der Waals surface area contributed by atoms with Crippen molar-refractivity contribution in [2.24, 2.45) is 5.41 Å². The maximum Gasteiger partial charge on any atom is 0.330 e. The molecule has 0 radical (unpaired) electrons. The van der Waals surface area contributed by atoms with Gasteiger partial charge in [-0.25, -0.2) is 4.79 Å². The van der Waals surface area contributed by atoms with Gasteiger partial charge in [0.1, 0.15) is 6.10 Å². The van der Waals surface area contributed by atoms with Gasteiger partial charge in [-0.2, -0.15) is 0 Å². The summed E-state index contributed by atoms with van der Waals surface area (Å²) in [5.74, 6) is -4.29. The Hall–Kier alpha value is -2.65. The number of cyclic esters (lactones) is 1. The van der Waals surface area contributed by atoms with Crippen molar-refractivity contribution in [1.29, 1.82) is 0 Å². The van der Waals surface area contributed by atoms with E-state index in [2.05, 4.69) is 13.5 Å². The molecule has 3 aliphatic rings. The summed E-state index contributed by atoms with van der Waals surface area (Å²) in [5, 5.41) is 33.3. The Kier molecular flexibility index (Phi) is 17.7. The summed E-state index contributed by atoms with van der Waals surface area (Å²) in [6, 6.07) is 0.